The van der Waals surface area contributed by atoms with Crippen LogP contribution in [-0.2, 0) is 0 Å². The number of benzene rings is 1. The molecule has 0 atom stereocenters. The molecule has 0 N–H and O–H groups in total. The van der Waals surface area contributed by atoms with Crippen molar-refractivity contribution in [3.8, 4) is 5.75 Å². The number of para-hydroxylation sites is 1. The molecule has 1 saturated carbocycles. The molecule has 0 bridgehead atoms. The van der Waals surface area contributed by atoms with Crippen molar-refractivity contribution in [2.75, 3.05) is 26.2 Å². The maximum atomic E-state index is 13.0. The number of nitro groups is 1. The molecule has 1 aromatic carbocycles. The molecule has 9 heteroatoms. The molecule has 0 spiro atoms. The fourth-order valence-electron chi connectivity index (χ4n) is 3.39. The number of ether oxygens (including phenoxy) is 1. The molecule has 1 saturated heterocycles. The number of piperazine rings is 1. The molecule has 0 radical (unpaired) electrons. The minimum absolute atomic E-state index is 0.0507. The molecule has 2 fully saturated rings. The lowest BCUT2D eigenvalue weighted by atomic mass is 9.96. The number of nitrogens with zero attached hydrogens (tertiary/aromatic N) is 3. The Bertz CT molecular complexity index is 932. The smallest absolute Gasteiger partial charge is 0.324 e. The molecular weight excluding hydrogens is 394 g/mol. The van der Waals surface area contributed by atoms with Crippen LogP contribution in [0.4, 0.5) is 5.00 Å². The molecule has 152 valence electrons. The van der Waals surface area contributed by atoms with Crippen LogP contribution in [0.25, 0.3) is 0 Å². The van der Waals surface area contributed by atoms with Crippen LogP contribution in [0.15, 0.2) is 36.4 Å². The molecule has 2 aromatic rings. The Morgan fingerprint density at radius 1 is 1.00 bits per heavy atom. The molecule has 1 aliphatic carbocycles. The van der Waals surface area contributed by atoms with Gasteiger partial charge in [-0.1, -0.05) is 23.5 Å². The summed E-state index contributed by atoms with van der Waals surface area (Å²) < 4.78 is 5.97. The summed E-state index contributed by atoms with van der Waals surface area (Å²) in [6, 6.07) is 10.1. The van der Waals surface area contributed by atoms with Gasteiger partial charge in [0.1, 0.15) is 5.75 Å². The van der Waals surface area contributed by atoms with Crippen LogP contribution in [0, 0.1) is 10.1 Å². The Kier molecular flexibility index (Phi) is 5.48. The lowest BCUT2D eigenvalue weighted by molar-refractivity contribution is -0.380. The number of carbonyl (C=O) groups excluding carboxylic acids is 2. The van der Waals surface area contributed by atoms with Crippen molar-refractivity contribution in [3.05, 3.63) is 57.0 Å². The van der Waals surface area contributed by atoms with Crippen LogP contribution in [0.2, 0.25) is 0 Å². The zero-order valence-corrected chi connectivity index (χ0v) is 16.6. The average molecular weight is 415 g/mol. The lowest BCUT2D eigenvalue weighted by Crippen LogP contribution is -2.50. The second kappa shape index (κ2) is 8.20. The van der Waals surface area contributed by atoms with E-state index in [9.17, 15) is 19.7 Å². The predicted molar refractivity (Wildman–Crippen MR) is 107 cm³/mol. The van der Waals surface area contributed by atoms with E-state index in [2.05, 4.69) is 0 Å². The number of carbonyl (C=O) groups is 2. The third-order valence-electron chi connectivity index (χ3n) is 5.30. The molecule has 2 heterocycles. The maximum absolute atomic E-state index is 13.0. The SMILES string of the molecule is O=C(c1ccc([N+](=O)[O-])s1)N1CCN(C(=O)c2ccccc2OC2CCC2)CC1. The van der Waals surface area contributed by atoms with E-state index in [1.54, 1.807) is 15.9 Å². The number of thiophene rings is 1. The predicted octanol–water partition coefficient (Wildman–Crippen LogP) is 3.19. The van der Waals surface area contributed by atoms with Crippen molar-refractivity contribution in [1.29, 1.82) is 0 Å². The van der Waals surface area contributed by atoms with Crippen molar-refractivity contribution in [2.45, 2.75) is 25.4 Å². The molecule has 2 amide bonds. The van der Waals surface area contributed by atoms with Gasteiger partial charge in [0.15, 0.2) is 0 Å². The summed E-state index contributed by atoms with van der Waals surface area (Å²) in [6.07, 6.45) is 3.38. The minimum Gasteiger partial charge on any atom is -0.490 e. The van der Waals surface area contributed by atoms with Gasteiger partial charge in [-0.3, -0.25) is 19.7 Å². The van der Waals surface area contributed by atoms with Crippen molar-refractivity contribution >= 4 is 28.2 Å². The topological polar surface area (TPSA) is 93.0 Å². The molecule has 4 rings (SSSR count). The highest BCUT2D eigenvalue weighted by atomic mass is 32.1. The summed E-state index contributed by atoms with van der Waals surface area (Å²) in [4.78, 5) is 39.6. The summed E-state index contributed by atoms with van der Waals surface area (Å²) in [5.41, 5.74) is 0.549. The van der Waals surface area contributed by atoms with Gasteiger partial charge in [0.05, 0.1) is 21.5 Å². The van der Waals surface area contributed by atoms with Gasteiger partial charge >= 0.3 is 5.00 Å². The first-order chi connectivity index (χ1) is 14.0. The Balaban J connectivity index is 1.38. The van der Waals surface area contributed by atoms with Gasteiger partial charge in [-0.05, 0) is 37.5 Å². The summed E-state index contributed by atoms with van der Waals surface area (Å²) in [5, 5.41) is 10.8. The molecule has 29 heavy (non-hydrogen) atoms. The quantitative estimate of drug-likeness (QED) is 0.552. The van der Waals surface area contributed by atoms with Gasteiger partial charge in [-0.2, -0.15) is 0 Å². The van der Waals surface area contributed by atoms with Gasteiger partial charge in [-0.25, -0.2) is 0 Å². The third kappa shape index (κ3) is 4.09. The maximum Gasteiger partial charge on any atom is 0.324 e. The van der Waals surface area contributed by atoms with Gasteiger partial charge < -0.3 is 14.5 Å². The van der Waals surface area contributed by atoms with Crippen LogP contribution < -0.4 is 4.74 Å². The summed E-state index contributed by atoms with van der Waals surface area (Å²) >= 11 is 0.875. The van der Waals surface area contributed by atoms with Crippen LogP contribution in [0.5, 0.6) is 5.75 Å². The Hall–Kier alpha value is -2.94. The van der Waals surface area contributed by atoms with E-state index in [-0.39, 0.29) is 22.9 Å². The highest BCUT2D eigenvalue weighted by molar-refractivity contribution is 7.17. The van der Waals surface area contributed by atoms with E-state index in [4.69, 9.17) is 4.74 Å². The first-order valence-corrected chi connectivity index (χ1v) is 10.4. The monoisotopic (exact) mass is 415 g/mol. The molecular formula is C20H21N3O5S. The number of rotatable bonds is 5. The van der Waals surface area contributed by atoms with Gasteiger partial charge in [0.25, 0.3) is 11.8 Å². The normalized spacial score (nSPS) is 17.0. The molecule has 1 aliphatic heterocycles. The Morgan fingerprint density at radius 2 is 1.66 bits per heavy atom. The zero-order chi connectivity index (χ0) is 20.4. The molecule has 2 aliphatic rings. The molecule has 8 nitrogen and oxygen atoms in total. The Morgan fingerprint density at radius 3 is 2.24 bits per heavy atom. The van der Waals surface area contributed by atoms with Gasteiger partial charge in [0, 0.05) is 32.2 Å². The largest absolute Gasteiger partial charge is 0.490 e. The fraction of sp³-hybridized carbons (Fsp3) is 0.400. The summed E-state index contributed by atoms with van der Waals surface area (Å²) in [5.74, 6) is 0.286. The van der Waals surface area contributed by atoms with Crippen LogP contribution in [0.3, 0.4) is 0 Å². The number of hydrogen-bond acceptors (Lipinski definition) is 6. The summed E-state index contributed by atoms with van der Waals surface area (Å²) in [7, 11) is 0. The van der Waals surface area contributed by atoms with Crippen molar-refractivity contribution < 1.29 is 19.2 Å². The number of amides is 2. The molecule has 0 unspecified atom stereocenters. The van der Waals surface area contributed by atoms with E-state index in [1.165, 1.54) is 12.1 Å². The fourth-order valence-corrected chi connectivity index (χ4v) is 4.18. The van der Waals surface area contributed by atoms with Crippen molar-refractivity contribution in [2.24, 2.45) is 0 Å². The summed E-state index contributed by atoms with van der Waals surface area (Å²) in [6.45, 7) is 1.61. The van der Waals surface area contributed by atoms with Crippen LogP contribution in [-0.4, -0.2) is 58.8 Å². The lowest BCUT2D eigenvalue weighted by Gasteiger charge is -2.35. The van der Waals surface area contributed by atoms with E-state index in [1.807, 2.05) is 18.2 Å². The van der Waals surface area contributed by atoms with Crippen LogP contribution >= 0.6 is 11.3 Å². The van der Waals surface area contributed by atoms with Gasteiger partial charge in [-0.15, -0.1) is 0 Å². The Labute approximate surface area is 171 Å². The number of hydrogen-bond donors (Lipinski definition) is 0. The first kappa shape index (κ1) is 19.4. The van der Waals surface area contributed by atoms with Crippen molar-refractivity contribution in [1.82, 2.24) is 9.80 Å². The van der Waals surface area contributed by atoms with E-state index < -0.39 is 4.92 Å². The standard InChI is InChI=1S/C20H21N3O5S/c24-19(15-6-1-2-7-16(15)28-14-4-3-5-14)21-10-12-22(13-11-21)20(25)17-8-9-18(29-17)23(26)27/h1-2,6-9,14H,3-5,10-13H2. The van der Waals surface area contributed by atoms with Crippen molar-refractivity contribution in [3.63, 3.8) is 0 Å². The zero-order valence-electron chi connectivity index (χ0n) is 15.8. The highest BCUT2D eigenvalue weighted by Gasteiger charge is 2.29. The van der Waals surface area contributed by atoms with E-state index in [0.29, 0.717) is 42.4 Å². The van der Waals surface area contributed by atoms with E-state index >= 15 is 0 Å². The molecule has 1 aromatic heterocycles. The second-order valence-corrected chi connectivity index (χ2v) is 8.21. The average Bonchev–Trinajstić information content (AvgIpc) is 3.21. The van der Waals surface area contributed by atoms with Crippen LogP contribution in [0.1, 0.15) is 39.3 Å². The second-order valence-electron chi connectivity index (χ2n) is 7.15. The van der Waals surface area contributed by atoms with Gasteiger partial charge in [0.2, 0.25) is 0 Å². The third-order valence-corrected chi connectivity index (χ3v) is 6.32. The first-order valence-electron chi connectivity index (χ1n) is 9.61. The van der Waals surface area contributed by atoms with E-state index in [0.717, 1.165) is 30.6 Å². The minimum atomic E-state index is -0.499. The highest BCUT2D eigenvalue weighted by Crippen LogP contribution is 2.29.